The summed E-state index contributed by atoms with van der Waals surface area (Å²) in [6.45, 7) is 5.35. The standard InChI is InChI=1S/C26H28N4O/c31-26(15-22-9-6-12-27-16-22)29-18-23-10-4-5-11-25(23)30-14-13-28(19-24(30)20-29)17-21-7-2-1-3-8-21/h1-12,16,24H,13-15,17-20H2. The molecule has 1 aromatic heterocycles. The number of amides is 1. The van der Waals surface area contributed by atoms with Crippen molar-refractivity contribution in [2.45, 2.75) is 25.6 Å². The van der Waals surface area contributed by atoms with Crippen molar-refractivity contribution in [1.29, 1.82) is 0 Å². The van der Waals surface area contributed by atoms with Gasteiger partial charge in [-0.15, -0.1) is 0 Å². The van der Waals surface area contributed by atoms with Crippen molar-refractivity contribution in [3.8, 4) is 0 Å². The fourth-order valence-corrected chi connectivity index (χ4v) is 4.81. The number of carbonyl (C=O) groups is 1. The summed E-state index contributed by atoms with van der Waals surface area (Å²) in [6, 6.07) is 23.4. The first-order valence-corrected chi connectivity index (χ1v) is 11.0. The molecule has 5 heteroatoms. The Bertz CT molecular complexity index is 1020. The third-order valence-corrected chi connectivity index (χ3v) is 6.34. The van der Waals surface area contributed by atoms with Crippen LogP contribution in [0.25, 0.3) is 0 Å². The van der Waals surface area contributed by atoms with Gasteiger partial charge >= 0.3 is 0 Å². The molecule has 0 bridgehead atoms. The molecule has 1 saturated heterocycles. The van der Waals surface area contributed by atoms with E-state index in [0.717, 1.165) is 38.3 Å². The van der Waals surface area contributed by atoms with E-state index in [1.54, 1.807) is 12.4 Å². The number of rotatable bonds is 4. The predicted octanol–water partition coefficient (Wildman–Crippen LogP) is 3.36. The Labute approximate surface area is 183 Å². The van der Waals surface area contributed by atoms with Crippen LogP contribution in [0.2, 0.25) is 0 Å². The Balaban J connectivity index is 1.37. The normalized spacial score (nSPS) is 18.8. The molecule has 1 fully saturated rings. The van der Waals surface area contributed by atoms with Crippen LogP contribution in [0.3, 0.4) is 0 Å². The molecule has 0 N–H and O–H groups in total. The van der Waals surface area contributed by atoms with Crippen molar-refractivity contribution < 1.29 is 4.79 Å². The first-order chi connectivity index (χ1) is 15.3. The summed E-state index contributed by atoms with van der Waals surface area (Å²) in [5.41, 5.74) is 4.83. The van der Waals surface area contributed by atoms with Crippen molar-refractivity contribution in [3.05, 3.63) is 95.8 Å². The highest BCUT2D eigenvalue weighted by Gasteiger charge is 2.34. The molecule has 1 atom stereocenters. The zero-order chi connectivity index (χ0) is 21.0. The summed E-state index contributed by atoms with van der Waals surface area (Å²) in [6.07, 6.45) is 3.94. The topological polar surface area (TPSA) is 39.7 Å². The molecular weight excluding hydrogens is 384 g/mol. The fourth-order valence-electron chi connectivity index (χ4n) is 4.81. The first-order valence-electron chi connectivity index (χ1n) is 11.0. The van der Waals surface area contributed by atoms with Gasteiger partial charge in [0, 0.05) is 57.3 Å². The van der Waals surface area contributed by atoms with Gasteiger partial charge in [0.05, 0.1) is 12.5 Å². The summed E-state index contributed by atoms with van der Waals surface area (Å²) < 4.78 is 0. The van der Waals surface area contributed by atoms with E-state index in [1.807, 2.05) is 17.0 Å². The molecule has 2 aliphatic heterocycles. The molecule has 2 aliphatic rings. The number of carbonyl (C=O) groups excluding carboxylic acids is 1. The van der Waals surface area contributed by atoms with E-state index in [4.69, 9.17) is 0 Å². The zero-order valence-corrected chi connectivity index (χ0v) is 17.7. The Kier molecular flexibility index (Phi) is 5.67. The molecular formula is C26H28N4O. The summed E-state index contributed by atoms with van der Waals surface area (Å²) in [7, 11) is 0. The molecule has 0 aliphatic carbocycles. The SMILES string of the molecule is O=C(Cc1cccnc1)N1Cc2ccccc2N2CCN(Cc3ccccc3)CC2C1. The van der Waals surface area contributed by atoms with Crippen LogP contribution in [0.4, 0.5) is 5.69 Å². The summed E-state index contributed by atoms with van der Waals surface area (Å²) in [5.74, 6) is 0.171. The number of nitrogens with zero attached hydrogens (tertiary/aromatic N) is 4. The zero-order valence-electron chi connectivity index (χ0n) is 17.7. The molecule has 158 valence electrons. The molecule has 3 aromatic rings. The highest BCUT2D eigenvalue weighted by molar-refractivity contribution is 5.79. The molecule has 31 heavy (non-hydrogen) atoms. The quantitative estimate of drug-likeness (QED) is 0.659. The third-order valence-electron chi connectivity index (χ3n) is 6.34. The average Bonchev–Trinajstić information content (AvgIpc) is 2.97. The van der Waals surface area contributed by atoms with Crippen molar-refractivity contribution >= 4 is 11.6 Å². The lowest BCUT2D eigenvalue weighted by molar-refractivity contribution is -0.131. The van der Waals surface area contributed by atoms with E-state index in [9.17, 15) is 4.79 Å². The minimum absolute atomic E-state index is 0.171. The van der Waals surface area contributed by atoms with Crippen LogP contribution in [0, 0.1) is 0 Å². The molecule has 0 radical (unpaired) electrons. The average molecular weight is 413 g/mol. The van der Waals surface area contributed by atoms with Gasteiger partial charge in [0.25, 0.3) is 0 Å². The molecule has 5 rings (SSSR count). The molecule has 0 spiro atoms. The third kappa shape index (κ3) is 4.47. The van der Waals surface area contributed by atoms with Crippen molar-refractivity contribution in [2.75, 3.05) is 31.1 Å². The van der Waals surface area contributed by atoms with Crippen LogP contribution in [0.5, 0.6) is 0 Å². The molecule has 2 aromatic carbocycles. The van der Waals surface area contributed by atoms with Crippen molar-refractivity contribution in [2.24, 2.45) is 0 Å². The van der Waals surface area contributed by atoms with Gasteiger partial charge in [0.2, 0.25) is 5.91 Å². The number of anilines is 1. The van der Waals surface area contributed by atoms with Crippen molar-refractivity contribution in [3.63, 3.8) is 0 Å². The summed E-state index contributed by atoms with van der Waals surface area (Å²) in [5, 5.41) is 0. The van der Waals surface area contributed by atoms with E-state index < -0.39 is 0 Å². The Morgan fingerprint density at radius 1 is 0.903 bits per heavy atom. The minimum atomic E-state index is 0.171. The molecule has 1 unspecified atom stereocenters. The van der Waals surface area contributed by atoms with Crippen LogP contribution in [0.15, 0.2) is 79.1 Å². The number of para-hydroxylation sites is 1. The maximum absolute atomic E-state index is 13.2. The van der Waals surface area contributed by atoms with E-state index >= 15 is 0 Å². The van der Waals surface area contributed by atoms with Gasteiger partial charge in [-0.3, -0.25) is 14.7 Å². The Morgan fingerprint density at radius 3 is 2.55 bits per heavy atom. The lowest BCUT2D eigenvalue weighted by Crippen LogP contribution is -2.56. The van der Waals surface area contributed by atoms with Crippen LogP contribution < -0.4 is 4.90 Å². The second kappa shape index (κ2) is 8.90. The van der Waals surface area contributed by atoms with Crippen LogP contribution in [0.1, 0.15) is 16.7 Å². The van der Waals surface area contributed by atoms with Crippen LogP contribution in [-0.2, 0) is 24.3 Å². The summed E-state index contributed by atoms with van der Waals surface area (Å²) >= 11 is 0. The van der Waals surface area contributed by atoms with Gasteiger partial charge in [-0.05, 0) is 28.8 Å². The molecule has 0 saturated carbocycles. The molecule has 1 amide bonds. The van der Waals surface area contributed by atoms with E-state index in [0.29, 0.717) is 19.0 Å². The second-order valence-electron chi connectivity index (χ2n) is 8.51. The first kappa shape index (κ1) is 19.8. The lowest BCUT2D eigenvalue weighted by atomic mass is 10.1. The van der Waals surface area contributed by atoms with E-state index in [2.05, 4.69) is 69.4 Å². The summed E-state index contributed by atoms with van der Waals surface area (Å²) in [4.78, 5) is 24.5. The van der Waals surface area contributed by atoms with Gasteiger partial charge in [0.1, 0.15) is 0 Å². The highest BCUT2D eigenvalue weighted by atomic mass is 16.2. The van der Waals surface area contributed by atoms with Crippen molar-refractivity contribution in [1.82, 2.24) is 14.8 Å². The largest absolute Gasteiger partial charge is 0.364 e. The number of hydrogen-bond donors (Lipinski definition) is 0. The number of pyridine rings is 1. The van der Waals surface area contributed by atoms with Gasteiger partial charge in [-0.1, -0.05) is 54.6 Å². The Hall–Kier alpha value is -3.18. The number of aromatic nitrogens is 1. The van der Waals surface area contributed by atoms with E-state index in [1.165, 1.54) is 16.8 Å². The minimum Gasteiger partial charge on any atom is -0.364 e. The lowest BCUT2D eigenvalue weighted by Gasteiger charge is -2.43. The smallest absolute Gasteiger partial charge is 0.227 e. The number of fused-ring (bicyclic) bond motifs is 3. The van der Waals surface area contributed by atoms with Gasteiger partial charge in [-0.25, -0.2) is 0 Å². The maximum Gasteiger partial charge on any atom is 0.227 e. The van der Waals surface area contributed by atoms with Crippen LogP contribution in [-0.4, -0.2) is 52.9 Å². The molecule has 3 heterocycles. The maximum atomic E-state index is 13.2. The number of benzene rings is 2. The van der Waals surface area contributed by atoms with E-state index in [-0.39, 0.29) is 5.91 Å². The monoisotopic (exact) mass is 412 g/mol. The predicted molar refractivity (Wildman–Crippen MR) is 123 cm³/mol. The van der Waals surface area contributed by atoms with Gasteiger partial charge in [-0.2, -0.15) is 0 Å². The van der Waals surface area contributed by atoms with Gasteiger partial charge in [0.15, 0.2) is 0 Å². The van der Waals surface area contributed by atoms with Crippen LogP contribution >= 0.6 is 0 Å². The molecule has 5 nitrogen and oxygen atoms in total. The second-order valence-corrected chi connectivity index (χ2v) is 8.51. The highest BCUT2D eigenvalue weighted by Crippen LogP contribution is 2.30. The number of hydrogen-bond acceptors (Lipinski definition) is 4. The van der Waals surface area contributed by atoms with Gasteiger partial charge < -0.3 is 9.80 Å². The number of piperazine rings is 1. The fraction of sp³-hybridized carbons (Fsp3) is 0.308. The Morgan fingerprint density at radius 2 is 1.71 bits per heavy atom.